The number of aromatic amines is 1. The first-order valence-electron chi connectivity index (χ1n) is 8.14. The third-order valence-corrected chi connectivity index (χ3v) is 6.62. The van der Waals surface area contributed by atoms with Gasteiger partial charge in [-0.3, -0.25) is 10.1 Å². The number of sulfone groups is 1. The molecular formula is C16H19F3N4O4S. The Morgan fingerprint density at radius 2 is 1.79 bits per heavy atom. The van der Waals surface area contributed by atoms with Crippen LogP contribution < -0.4 is 5.32 Å². The molecule has 0 aliphatic heterocycles. The maximum atomic E-state index is 12.4. The van der Waals surface area contributed by atoms with Crippen LogP contribution in [0.1, 0.15) is 26.7 Å². The molecule has 2 rings (SSSR count). The third kappa shape index (κ3) is 5.21. The van der Waals surface area contributed by atoms with E-state index in [2.05, 4.69) is 20.5 Å². The Kier molecular flexibility index (Phi) is 6.02. The van der Waals surface area contributed by atoms with Gasteiger partial charge in [-0.15, -0.1) is 10.2 Å². The number of nitrogens with zero attached hydrogens (tertiary/aromatic N) is 2. The molecule has 1 heterocycles. The highest BCUT2D eigenvalue weighted by Crippen LogP contribution is 2.26. The predicted octanol–water partition coefficient (Wildman–Crippen LogP) is 2.65. The van der Waals surface area contributed by atoms with Gasteiger partial charge in [0.1, 0.15) is 10.5 Å². The fraction of sp³-hybridized carbons (Fsp3) is 0.438. The molecule has 0 radical (unpaired) electrons. The number of phenols is 1. The maximum Gasteiger partial charge on any atom is 0.389 e. The first kappa shape index (κ1) is 21.7. The Hall–Kier alpha value is -2.63. The van der Waals surface area contributed by atoms with Crippen LogP contribution in [0, 0.1) is 0 Å². The number of aromatic hydroxyl groups is 1. The molecule has 1 aromatic heterocycles. The van der Waals surface area contributed by atoms with Crippen molar-refractivity contribution in [1.82, 2.24) is 15.2 Å². The van der Waals surface area contributed by atoms with E-state index in [0.29, 0.717) is 5.56 Å². The van der Waals surface area contributed by atoms with Crippen molar-refractivity contribution in [2.24, 2.45) is 0 Å². The first-order chi connectivity index (χ1) is 12.8. The van der Waals surface area contributed by atoms with Crippen LogP contribution in [0.3, 0.4) is 0 Å². The lowest BCUT2D eigenvalue weighted by Crippen LogP contribution is -2.46. The lowest BCUT2D eigenvalue weighted by atomic mass is 10.2. The van der Waals surface area contributed by atoms with E-state index in [1.165, 1.54) is 12.1 Å². The molecule has 0 spiro atoms. The molecule has 0 saturated heterocycles. The van der Waals surface area contributed by atoms with Crippen LogP contribution in [0.2, 0.25) is 0 Å². The number of aromatic nitrogens is 3. The van der Waals surface area contributed by atoms with Crippen LogP contribution in [0.15, 0.2) is 24.3 Å². The largest absolute Gasteiger partial charge is 0.508 e. The van der Waals surface area contributed by atoms with Gasteiger partial charge in [-0.2, -0.15) is 13.2 Å². The third-order valence-electron chi connectivity index (χ3n) is 4.06. The Morgan fingerprint density at radius 1 is 1.18 bits per heavy atom. The molecule has 28 heavy (non-hydrogen) atoms. The summed E-state index contributed by atoms with van der Waals surface area (Å²) in [5.74, 6) is -1.53. The van der Waals surface area contributed by atoms with Crippen molar-refractivity contribution < 1.29 is 31.5 Å². The first-order valence-corrected chi connectivity index (χ1v) is 9.80. The quantitative estimate of drug-likeness (QED) is 0.632. The minimum atomic E-state index is -4.47. The van der Waals surface area contributed by atoms with E-state index in [1.54, 1.807) is 12.1 Å². The van der Waals surface area contributed by atoms with Crippen molar-refractivity contribution in [2.75, 3.05) is 11.1 Å². The Bertz CT molecular complexity index is 938. The number of phenolic OH excluding ortho intramolecular Hbond substituents is 1. The summed E-state index contributed by atoms with van der Waals surface area (Å²) in [5, 5.41) is 19.1. The molecule has 0 saturated carbocycles. The predicted molar refractivity (Wildman–Crippen MR) is 95.3 cm³/mol. The van der Waals surface area contributed by atoms with Crippen molar-refractivity contribution in [3.8, 4) is 17.1 Å². The summed E-state index contributed by atoms with van der Waals surface area (Å²) in [6.07, 6.45) is -6.34. The summed E-state index contributed by atoms with van der Waals surface area (Å²) in [7, 11) is -4.15. The fourth-order valence-electron chi connectivity index (χ4n) is 2.18. The molecule has 154 valence electrons. The van der Waals surface area contributed by atoms with E-state index in [9.17, 15) is 31.5 Å². The lowest BCUT2D eigenvalue weighted by Gasteiger charge is -2.23. The smallest absolute Gasteiger partial charge is 0.389 e. The number of H-pyrrole nitrogens is 1. The van der Waals surface area contributed by atoms with Gasteiger partial charge >= 0.3 is 6.18 Å². The number of nitrogens with one attached hydrogen (secondary N) is 2. The minimum Gasteiger partial charge on any atom is -0.508 e. The number of alkyl halides is 3. The number of hydrogen-bond donors (Lipinski definition) is 3. The number of benzene rings is 1. The average molecular weight is 420 g/mol. The Balaban J connectivity index is 2.07. The van der Waals surface area contributed by atoms with Crippen LogP contribution in [0.25, 0.3) is 11.4 Å². The minimum absolute atomic E-state index is 0.0503. The van der Waals surface area contributed by atoms with Crippen molar-refractivity contribution >= 4 is 21.7 Å². The molecule has 2 aromatic rings. The van der Waals surface area contributed by atoms with Crippen LogP contribution in [-0.4, -0.2) is 51.3 Å². The van der Waals surface area contributed by atoms with Crippen molar-refractivity contribution in [3.63, 3.8) is 0 Å². The van der Waals surface area contributed by atoms with Crippen molar-refractivity contribution in [2.45, 2.75) is 37.6 Å². The molecule has 0 unspecified atom stereocenters. The Morgan fingerprint density at radius 3 is 2.36 bits per heavy atom. The zero-order valence-corrected chi connectivity index (χ0v) is 15.9. The molecule has 0 atom stereocenters. The summed E-state index contributed by atoms with van der Waals surface area (Å²) >= 11 is 0. The van der Waals surface area contributed by atoms with Crippen LogP contribution in [0.4, 0.5) is 19.1 Å². The topological polar surface area (TPSA) is 125 Å². The van der Waals surface area contributed by atoms with E-state index in [1.807, 2.05) is 0 Å². The van der Waals surface area contributed by atoms with Gasteiger partial charge in [-0.25, -0.2) is 8.42 Å². The number of halogens is 3. The number of carbonyl (C=O) groups excluding carboxylic acids is 1. The zero-order chi connectivity index (χ0) is 21.2. The zero-order valence-electron chi connectivity index (χ0n) is 15.0. The number of rotatable bonds is 7. The summed E-state index contributed by atoms with van der Waals surface area (Å²) in [6, 6.07) is 5.95. The summed E-state index contributed by atoms with van der Waals surface area (Å²) < 4.78 is 59.4. The van der Waals surface area contributed by atoms with E-state index >= 15 is 0 Å². The van der Waals surface area contributed by atoms with Crippen molar-refractivity contribution in [3.05, 3.63) is 24.3 Å². The van der Waals surface area contributed by atoms with Gasteiger partial charge in [-0.05, 0) is 44.5 Å². The maximum absolute atomic E-state index is 12.4. The molecule has 0 aliphatic carbocycles. The van der Waals surface area contributed by atoms with Crippen LogP contribution in [0.5, 0.6) is 5.75 Å². The van der Waals surface area contributed by atoms with Crippen LogP contribution >= 0.6 is 0 Å². The molecule has 0 bridgehead atoms. The van der Waals surface area contributed by atoms with Crippen LogP contribution in [-0.2, 0) is 14.6 Å². The number of hydrogen-bond acceptors (Lipinski definition) is 6. The van der Waals surface area contributed by atoms with Gasteiger partial charge in [-0.1, -0.05) is 0 Å². The highest BCUT2D eigenvalue weighted by Gasteiger charge is 2.42. The molecule has 3 N–H and O–H groups in total. The van der Waals surface area contributed by atoms with Gasteiger partial charge in [0.25, 0.3) is 0 Å². The molecule has 12 heteroatoms. The van der Waals surface area contributed by atoms with Gasteiger partial charge in [0, 0.05) is 12.0 Å². The SMILES string of the molecule is CC(C)(C(=O)Nc1nnc(-c2ccc(O)cc2)[nH]1)S(=O)(=O)CCCC(F)(F)F. The monoisotopic (exact) mass is 420 g/mol. The summed E-state index contributed by atoms with van der Waals surface area (Å²) in [6.45, 7) is 2.23. The molecule has 0 fully saturated rings. The van der Waals surface area contributed by atoms with E-state index in [4.69, 9.17) is 0 Å². The average Bonchev–Trinajstić information content (AvgIpc) is 3.02. The second-order valence-electron chi connectivity index (χ2n) is 6.57. The normalized spacial score (nSPS) is 12.8. The highest BCUT2D eigenvalue weighted by atomic mass is 32.2. The number of anilines is 1. The van der Waals surface area contributed by atoms with Gasteiger partial charge in [0.2, 0.25) is 11.9 Å². The van der Waals surface area contributed by atoms with Gasteiger partial charge < -0.3 is 10.1 Å². The summed E-state index contributed by atoms with van der Waals surface area (Å²) in [4.78, 5) is 15.1. The van der Waals surface area contributed by atoms with Gasteiger partial charge in [0.15, 0.2) is 15.7 Å². The number of amides is 1. The summed E-state index contributed by atoms with van der Waals surface area (Å²) in [5.41, 5.74) is 0.560. The van der Waals surface area contributed by atoms with E-state index in [-0.39, 0.29) is 17.5 Å². The van der Waals surface area contributed by atoms with E-state index in [0.717, 1.165) is 13.8 Å². The molecule has 1 aromatic carbocycles. The molecular weight excluding hydrogens is 401 g/mol. The molecule has 0 aliphatic rings. The standard InChI is InChI=1S/C16H19F3N4O4S/c1-15(2,28(26,27)9-3-8-16(17,18)19)13(25)21-14-20-12(22-23-14)10-4-6-11(24)7-5-10/h4-7,24H,3,8-9H2,1-2H3,(H2,20,21,22,23,25). The number of carbonyl (C=O) groups is 1. The van der Waals surface area contributed by atoms with E-state index < -0.39 is 45.3 Å². The second-order valence-corrected chi connectivity index (χ2v) is 9.23. The van der Waals surface area contributed by atoms with Gasteiger partial charge in [0.05, 0.1) is 5.75 Å². The lowest BCUT2D eigenvalue weighted by molar-refractivity contribution is -0.134. The molecule has 1 amide bonds. The van der Waals surface area contributed by atoms with Crippen molar-refractivity contribution in [1.29, 1.82) is 0 Å². The Labute approximate surface area is 159 Å². The molecule has 8 nitrogen and oxygen atoms in total. The highest BCUT2D eigenvalue weighted by molar-refractivity contribution is 7.93. The fourth-order valence-corrected chi connectivity index (χ4v) is 3.55. The second kappa shape index (κ2) is 7.78.